The molecule has 1 N–H and O–H groups in total. The Kier molecular flexibility index (Phi) is 4.09. The molecular weight excluding hydrogens is 226 g/mol. The van der Waals surface area contributed by atoms with Gasteiger partial charge in [-0.15, -0.1) is 0 Å². The molecule has 0 saturated heterocycles. The number of aryl methyl sites for hydroxylation is 2. The van der Waals surface area contributed by atoms with E-state index >= 15 is 0 Å². The zero-order valence-corrected chi connectivity index (χ0v) is 11.0. The topological polar surface area (TPSA) is 64.0 Å². The van der Waals surface area contributed by atoms with Gasteiger partial charge in [0.2, 0.25) is 10.0 Å². The Morgan fingerprint density at radius 1 is 1.50 bits per heavy atom. The second-order valence-corrected chi connectivity index (χ2v) is 6.07. The van der Waals surface area contributed by atoms with Gasteiger partial charge in [0, 0.05) is 19.8 Å². The highest BCUT2D eigenvalue weighted by Crippen LogP contribution is 2.12. The smallest absolute Gasteiger partial charge is 0.243 e. The Bertz CT molecular complexity index is 449. The van der Waals surface area contributed by atoms with Crippen molar-refractivity contribution in [3.05, 3.63) is 11.9 Å². The molecule has 0 saturated carbocycles. The van der Waals surface area contributed by atoms with Gasteiger partial charge < -0.3 is 0 Å². The molecule has 0 aliphatic rings. The summed E-state index contributed by atoms with van der Waals surface area (Å²) in [5, 5.41) is 4.02. The molecule has 0 atom stereocenters. The molecule has 0 unspecified atom stereocenters. The maximum atomic E-state index is 11.9. The van der Waals surface area contributed by atoms with Crippen LogP contribution in [0.2, 0.25) is 0 Å². The zero-order valence-electron chi connectivity index (χ0n) is 10.2. The van der Waals surface area contributed by atoms with Crippen LogP contribution in [0.25, 0.3) is 0 Å². The lowest BCUT2D eigenvalue weighted by atomic mass is 10.1. The van der Waals surface area contributed by atoms with Crippen molar-refractivity contribution in [2.24, 2.45) is 13.0 Å². The Morgan fingerprint density at radius 3 is 2.56 bits per heavy atom. The lowest BCUT2D eigenvalue weighted by molar-refractivity contribution is 0.551. The van der Waals surface area contributed by atoms with E-state index in [9.17, 15) is 8.42 Å². The zero-order chi connectivity index (χ0) is 12.3. The second kappa shape index (κ2) is 4.97. The van der Waals surface area contributed by atoms with E-state index in [-0.39, 0.29) is 4.90 Å². The number of nitrogens with zero attached hydrogens (tertiary/aromatic N) is 2. The van der Waals surface area contributed by atoms with E-state index in [4.69, 9.17) is 0 Å². The minimum absolute atomic E-state index is 0.263. The van der Waals surface area contributed by atoms with Gasteiger partial charge in [0.1, 0.15) is 4.90 Å². The fraction of sp³-hybridized carbons (Fsp3) is 0.700. The third-order valence-corrected chi connectivity index (χ3v) is 3.84. The summed E-state index contributed by atoms with van der Waals surface area (Å²) in [5.74, 6) is 0.484. The maximum Gasteiger partial charge on any atom is 0.243 e. The van der Waals surface area contributed by atoms with Crippen LogP contribution in [0.3, 0.4) is 0 Å². The van der Waals surface area contributed by atoms with Crippen LogP contribution in [0.15, 0.2) is 11.1 Å². The van der Waals surface area contributed by atoms with Crippen molar-refractivity contribution in [2.45, 2.75) is 32.1 Å². The van der Waals surface area contributed by atoms with Crippen LogP contribution in [0.1, 0.15) is 26.0 Å². The molecule has 0 radical (unpaired) electrons. The van der Waals surface area contributed by atoms with Gasteiger partial charge in [-0.05, 0) is 19.3 Å². The van der Waals surface area contributed by atoms with Crippen LogP contribution in [0, 0.1) is 12.8 Å². The van der Waals surface area contributed by atoms with Gasteiger partial charge in [-0.1, -0.05) is 13.8 Å². The molecule has 1 rings (SSSR count). The molecule has 6 heteroatoms. The first-order chi connectivity index (χ1) is 7.33. The van der Waals surface area contributed by atoms with Crippen molar-refractivity contribution in [3.8, 4) is 0 Å². The number of rotatable bonds is 5. The summed E-state index contributed by atoms with van der Waals surface area (Å²) in [5.41, 5.74) is 0.527. The van der Waals surface area contributed by atoms with Crippen LogP contribution in [-0.4, -0.2) is 24.7 Å². The van der Waals surface area contributed by atoms with E-state index in [1.165, 1.54) is 10.9 Å². The normalized spacial score (nSPS) is 12.3. The van der Waals surface area contributed by atoms with Crippen LogP contribution >= 0.6 is 0 Å². The molecule has 0 aliphatic carbocycles. The van der Waals surface area contributed by atoms with Gasteiger partial charge in [-0.25, -0.2) is 13.1 Å². The summed E-state index contributed by atoms with van der Waals surface area (Å²) in [6, 6.07) is 0. The third kappa shape index (κ3) is 3.31. The summed E-state index contributed by atoms with van der Waals surface area (Å²) in [6.07, 6.45) is 2.35. The monoisotopic (exact) mass is 245 g/mol. The highest BCUT2D eigenvalue weighted by atomic mass is 32.2. The third-order valence-electron chi connectivity index (χ3n) is 2.27. The molecule has 0 spiro atoms. The van der Waals surface area contributed by atoms with Crippen molar-refractivity contribution in [1.29, 1.82) is 0 Å². The van der Waals surface area contributed by atoms with E-state index < -0.39 is 10.0 Å². The van der Waals surface area contributed by atoms with Crippen molar-refractivity contribution < 1.29 is 8.42 Å². The van der Waals surface area contributed by atoms with Crippen molar-refractivity contribution in [2.75, 3.05) is 6.54 Å². The van der Waals surface area contributed by atoms with Crippen LogP contribution in [0.4, 0.5) is 0 Å². The van der Waals surface area contributed by atoms with Crippen LogP contribution in [-0.2, 0) is 17.1 Å². The molecule has 92 valence electrons. The molecule has 1 aromatic rings. The highest BCUT2D eigenvalue weighted by molar-refractivity contribution is 7.89. The number of sulfonamides is 1. The molecule has 0 aromatic carbocycles. The molecule has 0 bridgehead atoms. The number of nitrogens with one attached hydrogen (secondary N) is 1. The maximum absolute atomic E-state index is 11.9. The number of hydrogen-bond acceptors (Lipinski definition) is 3. The van der Waals surface area contributed by atoms with E-state index in [0.717, 1.165) is 6.42 Å². The van der Waals surface area contributed by atoms with Crippen molar-refractivity contribution >= 4 is 10.0 Å². The Morgan fingerprint density at radius 2 is 2.12 bits per heavy atom. The standard InChI is InChI=1S/C10H19N3O2S/c1-8(2)5-6-11-16(14,15)10-7-13(4)12-9(10)3/h7-8,11H,5-6H2,1-4H3. The van der Waals surface area contributed by atoms with Gasteiger partial charge in [0.05, 0.1) is 5.69 Å². The first kappa shape index (κ1) is 13.2. The predicted octanol–water partition coefficient (Wildman–Crippen LogP) is 1.05. The summed E-state index contributed by atoms with van der Waals surface area (Å²) < 4.78 is 27.9. The lowest BCUT2D eigenvalue weighted by Gasteiger charge is -2.07. The van der Waals surface area contributed by atoms with Crippen molar-refractivity contribution in [1.82, 2.24) is 14.5 Å². The largest absolute Gasteiger partial charge is 0.274 e. The minimum Gasteiger partial charge on any atom is -0.274 e. The average Bonchev–Trinajstić information content (AvgIpc) is 2.44. The van der Waals surface area contributed by atoms with Gasteiger partial charge in [0.25, 0.3) is 0 Å². The summed E-state index contributed by atoms with van der Waals surface area (Å²) in [7, 11) is -1.69. The molecule has 5 nitrogen and oxygen atoms in total. The lowest BCUT2D eigenvalue weighted by Crippen LogP contribution is -2.25. The summed E-state index contributed by atoms with van der Waals surface area (Å²) in [4.78, 5) is 0.263. The van der Waals surface area contributed by atoms with Crippen molar-refractivity contribution in [3.63, 3.8) is 0 Å². The summed E-state index contributed by atoms with van der Waals surface area (Å²) in [6.45, 7) is 6.28. The second-order valence-electron chi connectivity index (χ2n) is 4.33. The predicted molar refractivity (Wildman–Crippen MR) is 62.6 cm³/mol. The fourth-order valence-corrected chi connectivity index (χ4v) is 2.66. The number of aromatic nitrogens is 2. The summed E-state index contributed by atoms with van der Waals surface area (Å²) >= 11 is 0. The molecule has 0 fully saturated rings. The van der Waals surface area contributed by atoms with E-state index in [0.29, 0.717) is 18.2 Å². The minimum atomic E-state index is -3.40. The fourth-order valence-electron chi connectivity index (χ4n) is 1.40. The first-order valence-corrected chi connectivity index (χ1v) is 6.81. The van der Waals surface area contributed by atoms with E-state index in [1.54, 1.807) is 14.0 Å². The molecular formula is C10H19N3O2S. The SMILES string of the molecule is Cc1nn(C)cc1S(=O)(=O)NCCC(C)C. The molecule has 0 aliphatic heterocycles. The Balaban J connectivity index is 2.75. The quantitative estimate of drug-likeness (QED) is 0.843. The van der Waals surface area contributed by atoms with Crippen LogP contribution in [0.5, 0.6) is 0 Å². The average molecular weight is 245 g/mol. The molecule has 1 aromatic heterocycles. The highest BCUT2D eigenvalue weighted by Gasteiger charge is 2.18. The Labute approximate surface area is 96.9 Å². The van der Waals surface area contributed by atoms with Crippen LogP contribution < -0.4 is 4.72 Å². The van der Waals surface area contributed by atoms with Gasteiger partial charge in [-0.2, -0.15) is 5.10 Å². The van der Waals surface area contributed by atoms with Gasteiger partial charge in [0.15, 0.2) is 0 Å². The molecule has 1 heterocycles. The first-order valence-electron chi connectivity index (χ1n) is 5.33. The number of hydrogen-bond donors (Lipinski definition) is 1. The Hall–Kier alpha value is -0.880. The van der Waals surface area contributed by atoms with Gasteiger partial charge >= 0.3 is 0 Å². The van der Waals surface area contributed by atoms with E-state index in [1.807, 2.05) is 0 Å². The van der Waals surface area contributed by atoms with E-state index in [2.05, 4.69) is 23.7 Å². The van der Waals surface area contributed by atoms with Gasteiger partial charge in [-0.3, -0.25) is 4.68 Å². The molecule has 16 heavy (non-hydrogen) atoms. The molecule has 0 amide bonds.